The van der Waals surface area contributed by atoms with Crippen LogP contribution in [0.5, 0.6) is 5.75 Å². The summed E-state index contributed by atoms with van der Waals surface area (Å²) in [6, 6.07) is 13.7. The molecular weight excluding hydrogens is 381 g/mol. The molecule has 0 radical (unpaired) electrons. The molecule has 1 aromatic heterocycles. The van der Waals surface area contributed by atoms with Crippen molar-refractivity contribution in [1.82, 2.24) is 14.7 Å². The number of carbonyl (C=O) groups excluding carboxylic acids is 1. The average Bonchev–Trinajstić information content (AvgIpc) is 3.46. The quantitative estimate of drug-likeness (QED) is 0.392. The van der Waals surface area contributed by atoms with Gasteiger partial charge in [-0.15, -0.1) is 0 Å². The molecule has 0 aliphatic carbocycles. The molecule has 3 aromatic rings. The van der Waals surface area contributed by atoms with E-state index in [0.29, 0.717) is 12.2 Å². The van der Waals surface area contributed by atoms with E-state index >= 15 is 0 Å². The Labute approximate surface area is 176 Å². The number of benzene rings is 2. The number of ether oxygens (including phenoxy) is 1. The molecular formula is C24H26FN3O2. The minimum absolute atomic E-state index is 0.0502. The fourth-order valence-corrected chi connectivity index (χ4v) is 3.68. The molecule has 4 rings (SSSR count). The third kappa shape index (κ3) is 5.33. The fourth-order valence-electron chi connectivity index (χ4n) is 3.68. The van der Waals surface area contributed by atoms with Crippen LogP contribution in [0.3, 0.4) is 0 Å². The van der Waals surface area contributed by atoms with Crippen molar-refractivity contribution in [2.75, 3.05) is 26.2 Å². The molecule has 0 amide bonds. The van der Waals surface area contributed by atoms with Crippen LogP contribution in [0.15, 0.2) is 60.9 Å². The summed E-state index contributed by atoms with van der Waals surface area (Å²) in [5.41, 5.74) is 2.17. The maximum Gasteiger partial charge on any atom is 0.170 e. The van der Waals surface area contributed by atoms with Gasteiger partial charge in [0.1, 0.15) is 11.6 Å². The second kappa shape index (κ2) is 9.67. The Balaban J connectivity index is 1.29. The van der Waals surface area contributed by atoms with Gasteiger partial charge in [0, 0.05) is 19.2 Å². The number of Topliss-reactive ketones (excluding diaryl/α,β-unsaturated/α-hetero) is 1. The molecule has 5 nitrogen and oxygen atoms in total. The number of halogens is 1. The lowest BCUT2D eigenvalue weighted by atomic mass is 10.1. The van der Waals surface area contributed by atoms with Crippen molar-refractivity contribution in [2.24, 2.45) is 0 Å². The minimum atomic E-state index is -0.307. The molecule has 6 heteroatoms. The summed E-state index contributed by atoms with van der Waals surface area (Å²) in [4.78, 5) is 15.0. The van der Waals surface area contributed by atoms with Crippen LogP contribution in [-0.2, 0) is 6.42 Å². The summed E-state index contributed by atoms with van der Waals surface area (Å²) < 4.78 is 20.5. The highest BCUT2D eigenvalue weighted by Gasteiger charge is 2.12. The van der Waals surface area contributed by atoms with Crippen LogP contribution in [0.25, 0.3) is 5.69 Å². The Bertz CT molecular complexity index is 961. The van der Waals surface area contributed by atoms with E-state index in [9.17, 15) is 9.18 Å². The Morgan fingerprint density at radius 1 is 1.03 bits per heavy atom. The lowest BCUT2D eigenvalue weighted by molar-refractivity contribution is 0.0993. The molecule has 0 spiro atoms. The van der Waals surface area contributed by atoms with Crippen LogP contribution >= 0.6 is 0 Å². The van der Waals surface area contributed by atoms with Crippen LogP contribution in [-0.4, -0.2) is 46.7 Å². The van der Waals surface area contributed by atoms with Gasteiger partial charge in [-0.25, -0.2) is 9.07 Å². The summed E-state index contributed by atoms with van der Waals surface area (Å²) in [7, 11) is 0. The lowest BCUT2D eigenvalue weighted by Crippen LogP contribution is -2.21. The van der Waals surface area contributed by atoms with Crippen molar-refractivity contribution in [2.45, 2.75) is 25.7 Å². The second-order valence-electron chi connectivity index (χ2n) is 7.64. The average molecular weight is 407 g/mol. The van der Waals surface area contributed by atoms with Gasteiger partial charge in [0.15, 0.2) is 5.78 Å². The number of hydrogen-bond donors (Lipinski definition) is 0. The van der Waals surface area contributed by atoms with Crippen LogP contribution in [0, 0.1) is 5.82 Å². The van der Waals surface area contributed by atoms with Crippen LogP contribution in [0.4, 0.5) is 4.39 Å². The van der Waals surface area contributed by atoms with E-state index in [1.807, 2.05) is 24.3 Å². The van der Waals surface area contributed by atoms with Crippen molar-refractivity contribution in [3.8, 4) is 11.4 Å². The first kappa shape index (κ1) is 20.3. The summed E-state index contributed by atoms with van der Waals surface area (Å²) in [6.07, 6.45) is 7.16. The number of ketones is 1. The van der Waals surface area contributed by atoms with E-state index in [4.69, 9.17) is 4.74 Å². The molecule has 0 bridgehead atoms. The molecule has 156 valence electrons. The van der Waals surface area contributed by atoms with Gasteiger partial charge in [0.05, 0.1) is 24.1 Å². The van der Waals surface area contributed by atoms with E-state index in [-0.39, 0.29) is 18.0 Å². The van der Waals surface area contributed by atoms with E-state index < -0.39 is 0 Å². The van der Waals surface area contributed by atoms with Crippen molar-refractivity contribution in [3.05, 3.63) is 77.9 Å². The van der Waals surface area contributed by atoms with E-state index in [2.05, 4.69) is 10.00 Å². The van der Waals surface area contributed by atoms with Crippen LogP contribution in [0.1, 0.15) is 35.2 Å². The third-order valence-corrected chi connectivity index (χ3v) is 5.37. The predicted molar refractivity (Wildman–Crippen MR) is 114 cm³/mol. The number of carbonyl (C=O) groups is 1. The zero-order chi connectivity index (χ0) is 20.8. The zero-order valence-electron chi connectivity index (χ0n) is 17.0. The SMILES string of the molecule is O=C(Cc1ccc(F)cc1)c1cnn(-c2ccc(OCCCN3CCCC3)cc2)c1. The topological polar surface area (TPSA) is 47.4 Å². The maximum absolute atomic E-state index is 13.0. The molecule has 1 aliphatic rings. The monoisotopic (exact) mass is 407 g/mol. The second-order valence-corrected chi connectivity index (χ2v) is 7.64. The van der Waals surface area contributed by atoms with Gasteiger partial charge in [-0.05, 0) is 74.3 Å². The molecule has 30 heavy (non-hydrogen) atoms. The number of likely N-dealkylation sites (tertiary alicyclic amines) is 1. The smallest absolute Gasteiger partial charge is 0.170 e. The van der Waals surface area contributed by atoms with Crippen molar-refractivity contribution in [3.63, 3.8) is 0 Å². The first-order valence-electron chi connectivity index (χ1n) is 10.5. The Hall–Kier alpha value is -2.99. The van der Waals surface area contributed by atoms with Crippen molar-refractivity contribution < 1.29 is 13.9 Å². The first-order chi connectivity index (χ1) is 14.7. The molecule has 2 aromatic carbocycles. The molecule has 0 saturated carbocycles. The molecule has 0 unspecified atom stereocenters. The zero-order valence-corrected chi connectivity index (χ0v) is 17.0. The van der Waals surface area contributed by atoms with Gasteiger partial charge in [0.2, 0.25) is 0 Å². The number of aromatic nitrogens is 2. The number of nitrogens with zero attached hydrogens (tertiary/aromatic N) is 3. The Morgan fingerprint density at radius 2 is 1.77 bits per heavy atom. The van der Waals surface area contributed by atoms with Crippen LogP contribution in [0.2, 0.25) is 0 Å². The number of hydrogen-bond acceptors (Lipinski definition) is 4. The van der Waals surface area contributed by atoms with Gasteiger partial charge >= 0.3 is 0 Å². The maximum atomic E-state index is 13.0. The molecule has 1 fully saturated rings. The summed E-state index contributed by atoms with van der Waals surface area (Å²) >= 11 is 0. The largest absolute Gasteiger partial charge is 0.494 e. The van der Waals surface area contributed by atoms with E-state index in [0.717, 1.165) is 30.0 Å². The highest BCUT2D eigenvalue weighted by atomic mass is 19.1. The van der Waals surface area contributed by atoms with Gasteiger partial charge in [-0.1, -0.05) is 12.1 Å². The van der Waals surface area contributed by atoms with Gasteiger partial charge in [-0.2, -0.15) is 5.10 Å². The van der Waals surface area contributed by atoms with Gasteiger partial charge in [0.25, 0.3) is 0 Å². The summed E-state index contributed by atoms with van der Waals surface area (Å²) in [5.74, 6) is 0.476. The van der Waals surface area contributed by atoms with Gasteiger partial charge in [-0.3, -0.25) is 4.79 Å². The molecule has 0 atom stereocenters. The highest BCUT2D eigenvalue weighted by Crippen LogP contribution is 2.17. The van der Waals surface area contributed by atoms with E-state index in [1.165, 1.54) is 38.1 Å². The molecule has 1 aliphatic heterocycles. The van der Waals surface area contributed by atoms with Crippen molar-refractivity contribution in [1.29, 1.82) is 0 Å². The first-order valence-corrected chi connectivity index (χ1v) is 10.5. The van der Waals surface area contributed by atoms with Gasteiger partial charge < -0.3 is 9.64 Å². The van der Waals surface area contributed by atoms with Crippen LogP contribution < -0.4 is 4.74 Å². The molecule has 2 heterocycles. The summed E-state index contributed by atoms with van der Waals surface area (Å²) in [5, 5.41) is 4.30. The lowest BCUT2D eigenvalue weighted by Gasteiger charge is -2.14. The third-order valence-electron chi connectivity index (χ3n) is 5.37. The molecule has 0 N–H and O–H groups in total. The Morgan fingerprint density at radius 3 is 2.50 bits per heavy atom. The normalized spacial score (nSPS) is 14.2. The highest BCUT2D eigenvalue weighted by molar-refractivity contribution is 5.97. The molecule has 1 saturated heterocycles. The Kier molecular flexibility index (Phi) is 6.54. The predicted octanol–water partition coefficient (Wildman–Crippen LogP) is 4.30. The number of rotatable bonds is 9. The summed E-state index contributed by atoms with van der Waals surface area (Å²) in [6.45, 7) is 4.24. The standard InChI is InChI=1S/C24H26FN3O2/c25-21-6-4-19(5-7-21)16-24(29)20-17-26-28(18-20)22-8-10-23(11-9-22)30-15-3-14-27-12-1-2-13-27/h4-11,17-18H,1-3,12-16H2. The minimum Gasteiger partial charge on any atom is -0.494 e. The van der Waals surface area contributed by atoms with Crippen molar-refractivity contribution >= 4 is 5.78 Å². The fraction of sp³-hybridized carbons (Fsp3) is 0.333. The van der Waals surface area contributed by atoms with E-state index in [1.54, 1.807) is 29.2 Å².